The molecule has 1 amide bonds. The predicted octanol–water partition coefficient (Wildman–Crippen LogP) is 25.1. The third-order valence-electron chi connectivity index (χ3n) is 17.4. The highest BCUT2D eigenvalue weighted by atomic mass is 16.3. The second-order valence-corrected chi connectivity index (χ2v) is 25.4. The molecule has 0 radical (unpaired) electrons. The van der Waals surface area contributed by atoms with E-state index in [1.807, 2.05) is 6.08 Å². The van der Waals surface area contributed by atoms with E-state index in [0.717, 1.165) is 32.1 Å². The smallest absolute Gasteiger partial charge is 0.220 e. The lowest BCUT2D eigenvalue weighted by atomic mass is 10.0. The molecule has 0 saturated heterocycles. The number of carbonyl (C=O) groups is 1. The van der Waals surface area contributed by atoms with Crippen molar-refractivity contribution in [1.29, 1.82) is 0 Å². The Bertz CT molecular complexity index is 1210. The molecule has 0 aromatic carbocycles. The normalized spacial score (nSPS) is 12.8. The van der Waals surface area contributed by atoms with Crippen molar-refractivity contribution < 1.29 is 15.0 Å². The fourth-order valence-electron chi connectivity index (χ4n) is 11.8. The largest absolute Gasteiger partial charge is 0.394 e. The lowest BCUT2D eigenvalue weighted by Gasteiger charge is -2.20. The quantitative estimate of drug-likeness (QED) is 0.0420. The van der Waals surface area contributed by atoms with Crippen LogP contribution in [0.5, 0.6) is 0 Å². The molecule has 0 heterocycles. The van der Waals surface area contributed by atoms with Gasteiger partial charge in [-0.3, -0.25) is 4.79 Å². The summed E-state index contributed by atoms with van der Waals surface area (Å²) in [5, 5.41) is 23.3. The Morgan fingerprint density at radius 3 is 0.759 bits per heavy atom. The van der Waals surface area contributed by atoms with E-state index in [1.165, 1.54) is 366 Å². The van der Waals surface area contributed by atoms with Crippen molar-refractivity contribution in [2.45, 2.75) is 431 Å². The number of aliphatic hydroxyl groups is 2. The zero-order valence-electron chi connectivity index (χ0n) is 54.2. The Morgan fingerprint density at radius 2 is 0.519 bits per heavy atom. The highest BCUT2D eigenvalue weighted by Gasteiger charge is 2.18. The molecule has 2 unspecified atom stereocenters. The zero-order valence-corrected chi connectivity index (χ0v) is 54.2. The van der Waals surface area contributed by atoms with Crippen molar-refractivity contribution in [2.24, 2.45) is 0 Å². The summed E-state index contributed by atoms with van der Waals surface area (Å²) in [6.45, 7) is 4.35. The van der Waals surface area contributed by atoms with Gasteiger partial charge < -0.3 is 15.5 Å². The first-order valence-electron chi connectivity index (χ1n) is 36.7. The maximum absolute atomic E-state index is 12.5. The van der Waals surface area contributed by atoms with Gasteiger partial charge in [-0.1, -0.05) is 397 Å². The first kappa shape index (κ1) is 77.6. The van der Waals surface area contributed by atoms with Gasteiger partial charge in [0.15, 0.2) is 0 Å². The summed E-state index contributed by atoms with van der Waals surface area (Å²) >= 11 is 0. The molecule has 0 rings (SSSR count). The van der Waals surface area contributed by atoms with Crippen molar-refractivity contribution in [3.8, 4) is 0 Å². The average Bonchev–Trinajstić information content (AvgIpc) is 3.45. The SMILES string of the molecule is CCCCCCC/C=C\C/C=C\CCCCCCCCCCCCCCCCCCCCCCCCCCCCCCCC(=O)NC(CO)C(O)/C=C/CCCCCCCCCCCCCCCCCCCCCCCCCC. The van der Waals surface area contributed by atoms with Crippen molar-refractivity contribution in [3.63, 3.8) is 0 Å². The summed E-state index contributed by atoms with van der Waals surface area (Å²) in [7, 11) is 0. The Labute approximate surface area is 497 Å². The molecular formula is C75H145NO3. The highest BCUT2D eigenvalue weighted by molar-refractivity contribution is 5.76. The molecule has 0 aromatic heterocycles. The lowest BCUT2D eigenvalue weighted by Crippen LogP contribution is -2.45. The fraction of sp³-hybridized carbons (Fsp3) is 0.907. The monoisotopic (exact) mass is 1110 g/mol. The second-order valence-electron chi connectivity index (χ2n) is 25.4. The molecule has 0 saturated carbocycles. The van der Waals surface area contributed by atoms with Crippen LogP contribution in [0.15, 0.2) is 36.5 Å². The van der Waals surface area contributed by atoms with Crippen LogP contribution in [0.2, 0.25) is 0 Å². The number of amides is 1. The summed E-state index contributed by atoms with van der Waals surface area (Å²) in [5.41, 5.74) is 0. The molecule has 3 N–H and O–H groups in total. The Hall–Kier alpha value is -1.39. The third-order valence-corrected chi connectivity index (χ3v) is 17.4. The zero-order chi connectivity index (χ0) is 56.9. The Kier molecular flexibility index (Phi) is 69.6. The fourth-order valence-corrected chi connectivity index (χ4v) is 11.8. The molecule has 4 nitrogen and oxygen atoms in total. The number of hydrogen-bond donors (Lipinski definition) is 3. The van der Waals surface area contributed by atoms with Gasteiger partial charge in [0.05, 0.1) is 18.8 Å². The number of allylic oxidation sites excluding steroid dienone is 5. The van der Waals surface area contributed by atoms with Gasteiger partial charge in [0.1, 0.15) is 0 Å². The van der Waals surface area contributed by atoms with Crippen LogP contribution in [0, 0.1) is 0 Å². The van der Waals surface area contributed by atoms with Gasteiger partial charge in [-0.2, -0.15) is 0 Å². The summed E-state index contributed by atoms with van der Waals surface area (Å²) in [5.74, 6) is -0.0542. The molecule has 0 fully saturated rings. The first-order valence-corrected chi connectivity index (χ1v) is 36.7. The van der Waals surface area contributed by atoms with Crippen LogP contribution in [-0.4, -0.2) is 34.9 Å². The van der Waals surface area contributed by atoms with Crippen LogP contribution in [0.3, 0.4) is 0 Å². The lowest BCUT2D eigenvalue weighted by molar-refractivity contribution is -0.123. The van der Waals surface area contributed by atoms with Gasteiger partial charge in [-0.05, 0) is 51.4 Å². The van der Waals surface area contributed by atoms with E-state index >= 15 is 0 Å². The number of nitrogens with one attached hydrogen (secondary N) is 1. The predicted molar refractivity (Wildman–Crippen MR) is 355 cm³/mol. The molecular weight excluding hydrogens is 963 g/mol. The van der Waals surface area contributed by atoms with Gasteiger partial charge in [0.25, 0.3) is 0 Å². The highest BCUT2D eigenvalue weighted by Crippen LogP contribution is 2.20. The van der Waals surface area contributed by atoms with E-state index in [2.05, 4.69) is 43.5 Å². The van der Waals surface area contributed by atoms with Crippen molar-refractivity contribution in [1.82, 2.24) is 5.32 Å². The summed E-state index contributed by atoms with van der Waals surface area (Å²) in [6, 6.07) is -0.621. The average molecular weight is 1110 g/mol. The summed E-state index contributed by atoms with van der Waals surface area (Å²) in [4.78, 5) is 12.5. The molecule has 0 aliphatic rings. The molecule has 0 aromatic rings. The second kappa shape index (κ2) is 70.9. The van der Waals surface area contributed by atoms with Crippen molar-refractivity contribution in [2.75, 3.05) is 6.61 Å². The van der Waals surface area contributed by atoms with Gasteiger partial charge >= 0.3 is 0 Å². The van der Waals surface area contributed by atoms with Gasteiger partial charge in [0.2, 0.25) is 5.91 Å². The van der Waals surface area contributed by atoms with Crippen molar-refractivity contribution in [3.05, 3.63) is 36.5 Å². The standard InChI is InChI=1S/C75H145NO3/c1-3-5-7-9-11-13-15-17-19-21-23-25-27-29-31-32-33-34-35-36-37-38-39-40-41-42-43-44-45-47-49-51-53-55-57-59-61-63-65-67-69-71-75(79)76-73(72-77)74(78)70-68-66-64-62-60-58-56-54-52-50-48-46-30-28-26-24-22-20-18-16-14-12-10-8-6-4-2/h15,17,21,23,68,70,73-74,77-78H,3-14,16,18-20,22,24-67,69,71-72H2,1-2H3,(H,76,79)/b17-15-,23-21-,70-68+. The molecule has 0 spiro atoms. The van der Waals surface area contributed by atoms with Crippen LogP contribution in [0.25, 0.3) is 0 Å². The minimum absolute atomic E-state index is 0.0542. The van der Waals surface area contributed by atoms with Crippen molar-refractivity contribution >= 4 is 5.91 Å². The molecule has 0 aliphatic carbocycles. The minimum atomic E-state index is -0.839. The van der Waals surface area contributed by atoms with Gasteiger partial charge in [-0.15, -0.1) is 0 Å². The van der Waals surface area contributed by atoms with Gasteiger partial charge in [-0.25, -0.2) is 0 Å². The maximum Gasteiger partial charge on any atom is 0.220 e. The van der Waals surface area contributed by atoms with E-state index < -0.39 is 12.1 Å². The first-order chi connectivity index (χ1) is 39.2. The van der Waals surface area contributed by atoms with E-state index in [0.29, 0.717) is 6.42 Å². The molecule has 4 heteroatoms. The molecule has 79 heavy (non-hydrogen) atoms. The maximum atomic E-state index is 12.5. The van der Waals surface area contributed by atoms with E-state index in [9.17, 15) is 15.0 Å². The molecule has 468 valence electrons. The molecule has 2 atom stereocenters. The number of unbranched alkanes of at least 4 members (excludes halogenated alkanes) is 58. The van der Waals surface area contributed by atoms with E-state index in [1.54, 1.807) is 6.08 Å². The summed E-state index contributed by atoms with van der Waals surface area (Å²) in [6.07, 6.45) is 98.3. The van der Waals surface area contributed by atoms with E-state index in [4.69, 9.17) is 0 Å². The third kappa shape index (κ3) is 67.3. The Balaban J connectivity index is 3.38. The number of carbonyl (C=O) groups excluding carboxylic acids is 1. The van der Waals surface area contributed by atoms with Crippen LogP contribution in [0.1, 0.15) is 418 Å². The Morgan fingerprint density at radius 1 is 0.304 bits per heavy atom. The van der Waals surface area contributed by atoms with Crippen LogP contribution in [0.4, 0.5) is 0 Å². The van der Waals surface area contributed by atoms with Gasteiger partial charge in [0, 0.05) is 6.42 Å². The minimum Gasteiger partial charge on any atom is -0.394 e. The van der Waals surface area contributed by atoms with Crippen LogP contribution >= 0.6 is 0 Å². The van der Waals surface area contributed by atoms with E-state index in [-0.39, 0.29) is 12.5 Å². The van der Waals surface area contributed by atoms with Crippen LogP contribution < -0.4 is 5.32 Å². The summed E-state index contributed by atoms with van der Waals surface area (Å²) < 4.78 is 0. The topological polar surface area (TPSA) is 69.6 Å². The number of rotatable bonds is 69. The number of aliphatic hydroxyl groups excluding tert-OH is 2. The molecule has 0 aliphatic heterocycles. The number of hydrogen-bond acceptors (Lipinski definition) is 3. The van der Waals surface area contributed by atoms with Crippen LogP contribution in [-0.2, 0) is 4.79 Å². The molecule has 0 bridgehead atoms.